The number of imidazole rings is 1. The predicted molar refractivity (Wildman–Crippen MR) is 108 cm³/mol. The number of hydrogen-bond acceptors (Lipinski definition) is 7. The molecule has 3 heterocycles. The Morgan fingerprint density at radius 2 is 2.25 bits per heavy atom. The Hall–Kier alpha value is -1.68. The molecule has 28 heavy (non-hydrogen) atoms. The fraction of sp³-hybridized carbons (Fsp3) is 0.625. The Balaban J connectivity index is 2.04. The van der Waals surface area contributed by atoms with E-state index in [2.05, 4.69) is 20.3 Å². The lowest BCUT2D eigenvalue weighted by molar-refractivity contribution is -0.118. The highest BCUT2D eigenvalue weighted by Gasteiger charge is 2.44. The van der Waals surface area contributed by atoms with E-state index in [1.54, 1.807) is 30.2 Å². The van der Waals surface area contributed by atoms with Gasteiger partial charge in [0.15, 0.2) is 11.2 Å². The molecule has 1 fully saturated rings. The van der Waals surface area contributed by atoms with Gasteiger partial charge < -0.3 is 9.42 Å². The number of nitrogens with one attached hydrogen (secondary N) is 2. The Morgan fingerprint density at radius 1 is 1.54 bits per heavy atom. The van der Waals surface area contributed by atoms with Crippen LogP contribution in [0.4, 0.5) is 5.95 Å². The SMILES string of the molecule is CC[C@H]1S[C@@H](n2cnc3c(=O)[nH]c(NC(=O)C(C)C)nc32)[C@H](O[PH](=O)O)[C@@H]1C. The molecule has 2 aromatic rings. The minimum absolute atomic E-state index is 0.0284. The van der Waals surface area contributed by atoms with Gasteiger partial charge in [0.25, 0.3) is 5.56 Å². The summed E-state index contributed by atoms with van der Waals surface area (Å²) in [6, 6.07) is 0. The lowest BCUT2D eigenvalue weighted by Crippen LogP contribution is -2.26. The molecule has 0 radical (unpaired) electrons. The van der Waals surface area contributed by atoms with Crippen molar-refractivity contribution in [3.63, 3.8) is 0 Å². The number of thioether (sulfide) groups is 1. The molecule has 154 valence electrons. The first kappa shape index (κ1) is 21.0. The summed E-state index contributed by atoms with van der Waals surface area (Å²) >= 11 is 1.60. The van der Waals surface area contributed by atoms with Crippen LogP contribution in [0.25, 0.3) is 11.2 Å². The van der Waals surface area contributed by atoms with Crippen LogP contribution in [0.15, 0.2) is 11.1 Å². The Morgan fingerprint density at radius 3 is 2.86 bits per heavy atom. The van der Waals surface area contributed by atoms with Gasteiger partial charge in [0.2, 0.25) is 11.9 Å². The topological polar surface area (TPSA) is 139 Å². The van der Waals surface area contributed by atoms with Gasteiger partial charge in [-0.25, -0.2) is 4.98 Å². The molecule has 1 unspecified atom stereocenters. The predicted octanol–water partition coefficient (Wildman–Crippen LogP) is 2.14. The van der Waals surface area contributed by atoms with E-state index in [1.807, 2.05) is 13.8 Å². The zero-order valence-corrected chi connectivity index (χ0v) is 17.8. The first-order chi connectivity index (χ1) is 13.2. The third kappa shape index (κ3) is 4.03. The maximum Gasteiger partial charge on any atom is 0.316 e. The van der Waals surface area contributed by atoms with Crippen LogP contribution in [0.2, 0.25) is 0 Å². The Kier molecular flexibility index (Phi) is 6.28. The Labute approximate surface area is 166 Å². The second-order valence-electron chi connectivity index (χ2n) is 7.06. The van der Waals surface area contributed by atoms with Gasteiger partial charge in [0.1, 0.15) is 11.5 Å². The number of nitrogens with zero attached hydrogens (tertiary/aromatic N) is 3. The number of carbonyl (C=O) groups is 1. The second-order valence-corrected chi connectivity index (χ2v) is 9.19. The normalized spacial score (nSPS) is 26.1. The summed E-state index contributed by atoms with van der Waals surface area (Å²) in [6.07, 6.45) is 1.82. The van der Waals surface area contributed by atoms with Crippen molar-refractivity contribution in [2.75, 3.05) is 5.32 Å². The van der Waals surface area contributed by atoms with Gasteiger partial charge in [0.05, 0.1) is 6.33 Å². The van der Waals surface area contributed by atoms with Crippen LogP contribution in [0.3, 0.4) is 0 Å². The van der Waals surface area contributed by atoms with Gasteiger partial charge in [-0.3, -0.25) is 29.0 Å². The van der Waals surface area contributed by atoms with Crippen molar-refractivity contribution < 1.29 is 18.8 Å². The molecule has 3 rings (SSSR count). The molecule has 10 nitrogen and oxygen atoms in total. The van der Waals surface area contributed by atoms with Crippen LogP contribution >= 0.6 is 20.0 Å². The Bertz CT molecular complexity index is 961. The van der Waals surface area contributed by atoms with Gasteiger partial charge in [0, 0.05) is 11.2 Å². The maximum atomic E-state index is 12.4. The number of amides is 1. The molecule has 1 amide bonds. The molecule has 0 saturated carbocycles. The lowest BCUT2D eigenvalue weighted by atomic mass is 9.99. The summed E-state index contributed by atoms with van der Waals surface area (Å²) in [6.45, 7) is 7.49. The van der Waals surface area contributed by atoms with Gasteiger partial charge in [-0.15, -0.1) is 11.8 Å². The quantitative estimate of drug-likeness (QED) is 0.594. The average Bonchev–Trinajstić information content (AvgIpc) is 3.16. The third-order valence-corrected chi connectivity index (χ3v) is 7.17. The second kappa shape index (κ2) is 8.36. The minimum Gasteiger partial charge on any atom is -0.326 e. The summed E-state index contributed by atoms with van der Waals surface area (Å²) in [5, 5.41) is 2.44. The van der Waals surface area contributed by atoms with Gasteiger partial charge in [-0.1, -0.05) is 27.7 Å². The van der Waals surface area contributed by atoms with Gasteiger partial charge in [-0.2, -0.15) is 4.98 Å². The van der Waals surface area contributed by atoms with E-state index in [9.17, 15) is 19.0 Å². The van der Waals surface area contributed by atoms with Crippen molar-refractivity contribution in [3.05, 3.63) is 16.7 Å². The first-order valence-corrected chi connectivity index (χ1v) is 11.3. The van der Waals surface area contributed by atoms with Crippen molar-refractivity contribution in [2.45, 2.75) is 50.8 Å². The molecular formula is C16H24N5O5PS. The molecule has 1 aliphatic heterocycles. The van der Waals surface area contributed by atoms with Crippen LogP contribution in [0, 0.1) is 11.8 Å². The van der Waals surface area contributed by atoms with E-state index < -0.39 is 19.9 Å². The molecule has 12 heteroatoms. The number of carbonyl (C=O) groups excluding carboxylic acids is 1. The van der Waals surface area contributed by atoms with E-state index in [1.165, 1.54) is 6.33 Å². The van der Waals surface area contributed by atoms with E-state index in [0.717, 1.165) is 6.42 Å². The fourth-order valence-corrected chi connectivity index (χ4v) is 5.63. The van der Waals surface area contributed by atoms with Crippen molar-refractivity contribution >= 4 is 43.0 Å². The molecule has 2 aromatic heterocycles. The van der Waals surface area contributed by atoms with Crippen molar-refractivity contribution in [1.29, 1.82) is 0 Å². The van der Waals surface area contributed by atoms with Crippen molar-refractivity contribution in [1.82, 2.24) is 19.5 Å². The molecule has 0 aromatic carbocycles. The van der Waals surface area contributed by atoms with Crippen LogP contribution in [-0.2, 0) is 13.9 Å². The smallest absolute Gasteiger partial charge is 0.316 e. The van der Waals surface area contributed by atoms with Crippen LogP contribution in [-0.4, -0.2) is 41.7 Å². The molecule has 1 saturated heterocycles. The summed E-state index contributed by atoms with van der Waals surface area (Å²) in [5.74, 6) is -0.485. The van der Waals surface area contributed by atoms with Gasteiger partial charge in [-0.05, 0) is 12.3 Å². The highest BCUT2D eigenvalue weighted by atomic mass is 32.2. The maximum absolute atomic E-state index is 12.4. The van der Waals surface area contributed by atoms with E-state index in [-0.39, 0.29) is 45.5 Å². The minimum atomic E-state index is -3.14. The van der Waals surface area contributed by atoms with Gasteiger partial charge >= 0.3 is 8.25 Å². The monoisotopic (exact) mass is 429 g/mol. The number of anilines is 1. The highest BCUT2D eigenvalue weighted by Crippen LogP contribution is 2.50. The van der Waals surface area contributed by atoms with Crippen LogP contribution in [0.5, 0.6) is 0 Å². The molecule has 0 aliphatic carbocycles. The van der Waals surface area contributed by atoms with Crippen LogP contribution in [0.1, 0.15) is 39.5 Å². The number of rotatable bonds is 6. The molecule has 0 bridgehead atoms. The summed E-state index contributed by atoms with van der Waals surface area (Å²) < 4.78 is 18.4. The number of aromatic nitrogens is 4. The summed E-state index contributed by atoms with van der Waals surface area (Å²) in [4.78, 5) is 44.7. The summed E-state index contributed by atoms with van der Waals surface area (Å²) in [5.41, 5.74) is -0.0549. The van der Waals surface area contributed by atoms with E-state index in [0.29, 0.717) is 0 Å². The third-order valence-electron chi connectivity index (χ3n) is 4.81. The molecule has 3 N–H and O–H groups in total. The van der Waals surface area contributed by atoms with Crippen molar-refractivity contribution in [2.24, 2.45) is 11.8 Å². The number of H-pyrrole nitrogens is 1. The highest BCUT2D eigenvalue weighted by molar-refractivity contribution is 8.00. The fourth-order valence-electron chi connectivity index (χ4n) is 3.26. The number of fused-ring (bicyclic) bond motifs is 1. The molecule has 1 aliphatic rings. The molecular weight excluding hydrogens is 405 g/mol. The average molecular weight is 429 g/mol. The van der Waals surface area contributed by atoms with Crippen molar-refractivity contribution in [3.8, 4) is 0 Å². The first-order valence-electron chi connectivity index (χ1n) is 9.05. The van der Waals surface area contributed by atoms with Crippen LogP contribution < -0.4 is 10.9 Å². The number of hydrogen-bond donors (Lipinski definition) is 3. The molecule has 5 atom stereocenters. The van der Waals surface area contributed by atoms with E-state index in [4.69, 9.17) is 4.52 Å². The lowest BCUT2D eigenvalue weighted by Gasteiger charge is -2.22. The largest absolute Gasteiger partial charge is 0.326 e. The zero-order valence-electron chi connectivity index (χ0n) is 16.0. The molecule has 0 spiro atoms. The zero-order chi connectivity index (χ0) is 20.6. The standard InChI is InChI=1S/C16H24N5O5PS/c1-5-9-8(4)11(26-27(24)25)15(28-9)21-6-17-10-12(21)18-16(20-14(10)23)19-13(22)7(2)3/h6-9,11,15,27H,5H2,1-4H3,(H,24,25)(H2,18,19,20,22,23)/t8-,9-,11-,15-/m1/s1. The number of aromatic amines is 1. The van der Waals surface area contributed by atoms with E-state index >= 15 is 0 Å². The summed E-state index contributed by atoms with van der Waals surface area (Å²) in [7, 11) is -3.14.